The first kappa shape index (κ1) is 17.8. The Morgan fingerprint density at radius 3 is 2.37 bits per heavy atom. The fourth-order valence-electron chi connectivity index (χ4n) is 4.38. The molecular weight excluding hydrogens is 410 g/mol. The normalized spacial score (nSPS) is 15.2. The molecule has 6 rings (SSSR count). The van der Waals surface area contributed by atoms with Crippen LogP contribution in [0.25, 0.3) is 11.1 Å². The van der Waals surface area contributed by atoms with E-state index >= 15 is 0 Å². The number of sulfone groups is 1. The molecule has 0 saturated carbocycles. The second kappa shape index (κ2) is 6.24. The Labute approximate surface area is 179 Å². The maximum absolute atomic E-state index is 13.0. The molecular formula is C25H17NO2S2. The van der Waals surface area contributed by atoms with Gasteiger partial charge in [-0.05, 0) is 55.0 Å². The number of benzene rings is 4. The Balaban J connectivity index is 1.63. The minimum absolute atomic E-state index is 0.386. The largest absolute Gasteiger partial charge is 0.308 e. The molecule has 0 radical (unpaired) electrons. The zero-order chi connectivity index (χ0) is 20.5. The number of nitrogens with zero attached hydrogens (tertiary/aromatic N) is 1. The lowest BCUT2D eigenvalue weighted by Crippen LogP contribution is -2.16. The highest BCUT2D eigenvalue weighted by Gasteiger charge is 2.34. The molecule has 4 aromatic carbocycles. The minimum atomic E-state index is -3.46. The van der Waals surface area contributed by atoms with Crippen molar-refractivity contribution < 1.29 is 8.42 Å². The molecule has 4 aromatic rings. The van der Waals surface area contributed by atoms with Gasteiger partial charge in [0.1, 0.15) is 0 Å². The molecule has 0 atom stereocenters. The molecule has 0 unspecified atom stereocenters. The van der Waals surface area contributed by atoms with Crippen LogP contribution in [0.5, 0.6) is 0 Å². The van der Waals surface area contributed by atoms with E-state index in [-0.39, 0.29) is 0 Å². The van der Waals surface area contributed by atoms with Crippen LogP contribution in [0.2, 0.25) is 0 Å². The average Bonchev–Trinajstić information content (AvgIpc) is 2.99. The van der Waals surface area contributed by atoms with Crippen LogP contribution in [0.1, 0.15) is 5.56 Å². The van der Waals surface area contributed by atoms with Crippen molar-refractivity contribution in [3.63, 3.8) is 0 Å². The standard InChI is InChI=1S/C25H17NO2S2/c1-16-7-6-11-22-25(16)26(20-9-3-4-10-21(20)29-22)17-13-14-24-19(15-17)18-8-2-5-12-23(18)30(24,27)28/h2-15H,1H3. The van der Waals surface area contributed by atoms with Crippen molar-refractivity contribution >= 4 is 38.7 Å². The molecule has 2 heterocycles. The van der Waals surface area contributed by atoms with Crippen molar-refractivity contribution in [2.24, 2.45) is 0 Å². The summed E-state index contributed by atoms with van der Waals surface area (Å²) in [6, 6.07) is 27.6. The molecule has 5 heteroatoms. The minimum Gasteiger partial charge on any atom is -0.308 e. The highest BCUT2D eigenvalue weighted by atomic mass is 32.2. The van der Waals surface area contributed by atoms with Crippen molar-refractivity contribution in [1.82, 2.24) is 0 Å². The van der Waals surface area contributed by atoms with Gasteiger partial charge in [0.2, 0.25) is 9.84 Å². The molecule has 0 saturated heterocycles. The monoisotopic (exact) mass is 427 g/mol. The summed E-state index contributed by atoms with van der Waals surface area (Å²) < 4.78 is 26.0. The molecule has 146 valence electrons. The van der Waals surface area contributed by atoms with Gasteiger partial charge in [0, 0.05) is 26.6 Å². The summed E-state index contributed by atoms with van der Waals surface area (Å²) in [5, 5.41) is 0. The van der Waals surface area contributed by atoms with Gasteiger partial charge in [0.15, 0.2) is 0 Å². The number of fused-ring (bicyclic) bond motifs is 5. The number of aryl methyl sites for hydroxylation is 1. The Morgan fingerprint density at radius 1 is 0.733 bits per heavy atom. The van der Waals surface area contributed by atoms with Crippen LogP contribution < -0.4 is 4.90 Å². The van der Waals surface area contributed by atoms with Gasteiger partial charge in [-0.3, -0.25) is 0 Å². The average molecular weight is 428 g/mol. The lowest BCUT2D eigenvalue weighted by molar-refractivity contribution is 0.598. The van der Waals surface area contributed by atoms with Crippen molar-refractivity contribution in [2.75, 3.05) is 4.90 Å². The SMILES string of the molecule is Cc1cccc2c1N(c1ccc3c(c1)-c1ccccc1S3(=O)=O)c1ccccc1S2. The number of hydrogen-bond acceptors (Lipinski definition) is 4. The van der Waals surface area contributed by atoms with E-state index in [1.807, 2.05) is 30.3 Å². The van der Waals surface area contributed by atoms with Gasteiger partial charge in [0.25, 0.3) is 0 Å². The third-order valence-electron chi connectivity index (χ3n) is 5.73. The Kier molecular flexibility index (Phi) is 3.70. The van der Waals surface area contributed by atoms with Crippen molar-refractivity contribution in [3.05, 3.63) is 90.5 Å². The first-order chi connectivity index (χ1) is 14.6. The second-order valence-electron chi connectivity index (χ2n) is 7.51. The first-order valence-electron chi connectivity index (χ1n) is 9.71. The molecule has 30 heavy (non-hydrogen) atoms. The van der Waals surface area contributed by atoms with E-state index in [2.05, 4.69) is 48.2 Å². The van der Waals surface area contributed by atoms with Crippen LogP contribution in [0.3, 0.4) is 0 Å². The summed E-state index contributed by atoms with van der Waals surface area (Å²) in [4.78, 5) is 5.41. The third kappa shape index (κ3) is 2.36. The van der Waals surface area contributed by atoms with Crippen LogP contribution in [-0.2, 0) is 9.84 Å². The number of para-hydroxylation sites is 2. The number of anilines is 3. The summed E-state index contributed by atoms with van der Waals surface area (Å²) in [5.74, 6) is 0. The summed E-state index contributed by atoms with van der Waals surface area (Å²) in [6.45, 7) is 2.12. The molecule has 0 N–H and O–H groups in total. The highest BCUT2D eigenvalue weighted by Crippen LogP contribution is 2.54. The van der Waals surface area contributed by atoms with Crippen molar-refractivity contribution in [1.29, 1.82) is 0 Å². The van der Waals surface area contributed by atoms with Crippen LogP contribution in [0.4, 0.5) is 17.1 Å². The highest BCUT2D eigenvalue weighted by molar-refractivity contribution is 7.99. The van der Waals surface area contributed by atoms with Crippen LogP contribution in [-0.4, -0.2) is 8.42 Å². The first-order valence-corrected chi connectivity index (χ1v) is 12.0. The molecule has 2 aliphatic heterocycles. The predicted octanol–water partition coefficient (Wildman–Crippen LogP) is 6.74. The fraction of sp³-hybridized carbons (Fsp3) is 0.0400. The van der Waals surface area contributed by atoms with Crippen LogP contribution >= 0.6 is 11.8 Å². The van der Waals surface area contributed by atoms with Gasteiger partial charge in [-0.2, -0.15) is 0 Å². The van der Waals surface area contributed by atoms with E-state index in [0.29, 0.717) is 9.79 Å². The zero-order valence-corrected chi connectivity index (χ0v) is 17.8. The van der Waals surface area contributed by atoms with Gasteiger partial charge in [-0.1, -0.05) is 54.2 Å². The van der Waals surface area contributed by atoms with Crippen molar-refractivity contribution in [2.45, 2.75) is 26.5 Å². The second-order valence-corrected chi connectivity index (χ2v) is 10.5. The van der Waals surface area contributed by atoms with E-state index in [4.69, 9.17) is 0 Å². The Hall–Kier alpha value is -3.02. The maximum atomic E-state index is 13.0. The lowest BCUT2D eigenvalue weighted by atomic mass is 10.0. The molecule has 2 aliphatic rings. The zero-order valence-electron chi connectivity index (χ0n) is 16.2. The van der Waals surface area contributed by atoms with Gasteiger partial charge >= 0.3 is 0 Å². The lowest BCUT2D eigenvalue weighted by Gasteiger charge is -2.34. The Bertz CT molecular complexity index is 1460. The quantitative estimate of drug-likeness (QED) is 0.291. The van der Waals surface area contributed by atoms with E-state index in [1.54, 1.807) is 30.0 Å². The third-order valence-corrected chi connectivity index (χ3v) is 8.71. The molecule has 0 aliphatic carbocycles. The van der Waals surface area contributed by atoms with E-state index < -0.39 is 9.84 Å². The van der Waals surface area contributed by atoms with E-state index in [1.165, 1.54) is 15.4 Å². The van der Waals surface area contributed by atoms with Gasteiger partial charge in [0.05, 0.1) is 21.2 Å². The van der Waals surface area contributed by atoms with Gasteiger partial charge < -0.3 is 4.90 Å². The summed E-state index contributed by atoms with van der Waals surface area (Å²) >= 11 is 1.77. The maximum Gasteiger partial charge on any atom is 0.207 e. The van der Waals surface area contributed by atoms with Crippen LogP contribution in [0.15, 0.2) is 105 Å². The smallest absolute Gasteiger partial charge is 0.207 e. The predicted molar refractivity (Wildman–Crippen MR) is 121 cm³/mol. The van der Waals surface area contributed by atoms with Crippen LogP contribution in [0, 0.1) is 6.92 Å². The van der Waals surface area contributed by atoms with E-state index in [9.17, 15) is 8.42 Å². The van der Waals surface area contributed by atoms with Crippen molar-refractivity contribution in [3.8, 4) is 11.1 Å². The van der Waals surface area contributed by atoms with Gasteiger partial charge in [-0.25, -0.2) is 8.42 Å². The molecule has 0 aromatic heterocycles. The topological polar surface area (TPSA) is 37.4 Å². The van der Waals surface area contributed by atoms with Gasteiger partial charge in [-0.15, -0.1) is 0 Å². The molecule has 0 amide bonds. The fourth-order valence-corrected chi connectivity index (χ4v) is 7.19. The number of hydrogen-bond donors (Lipinski definition) is 0. The summed E-state index contributed by atoms with van der Waals surface area (Å²) in [5.41, 5.74) is 5.95. The molecule has 0 bridgehead atoms. The summed E-state index contributed by atoms with van der Waals surface area (Å²) in [6.07, 6.45) is 0. The molecule has 0 spiro atoms. The summed E-state index contributed by atoms with van der Waals surface area (Å²) in [7, 11) is -3.46. The molecule has 3 nitrogen and oxygen atoms in total. The molecule has 0 fully saturated rings. The van der Waals surface area contributed by atoms with E-state index in [0.717, 1.165) is 28.2 Å². The number of rotatable bonds is 1. The Morgan fingerprint density at radius 2 is 1.47 bits per heavy atom.